The molecule has 5 heteroatoms. The van der Waals surface area contributed by atoms with Gasteiger partial charge in [-0.3, -0.25) is 4.72 Å². The number of hydrogen-bond acceptors (Lipinski definition) is 4. The highest BCUT2D eigenvalue weighted by Crippen LogP contribution is 2.19. The van der Waals surface area contributed by atoms with E-state index in [9.17, 15) is 4.79 Å². The average molecular weight is 191 g/mol. The maximum absolute atomic E-state index is 10.6. The van der Waals surface area contributed by atoms with Crippen molar-refractivity contribution >= 4 is 17.9 Å². The molecular formula is C7H13NO3S. The molecule has 0 aliphatic carbocycles. The number of hydrogen-bond donors (Lipinski definition) is 2. The SMILES string of the molecule is CC/C(OC)=C(\SNC)C(=O)O. The van der Waals surface area contributed by atoms with Gasteiger partial charge in [-0.2, -0.15) is 0 Å². The Hall–Kier alpha value is -0.680. The van der Waals surface area contributed by atoms with Crippen LogP contribution in [0, 0.1) is 0 Å². The summed E-state index contributed by atoms with van der Waals surface area (Å²) in [6.07, 6.45) is 0.576. The van der Waals surface area contributed by atoms with Crippen LogP contribution in [-0.4, -0.2) is 25.2 Å². The van der Waals surface area contributed by atoms with Gasteiger partial charge in [-0.25, -0.2) is 4.79 Å². The second kappa shape index (κ2) is 5.91. The molecule has 0 radical (unpaired) electrons. The van der Waals surface area contributed by atoms with Gasteiger partial charge in [0.2, 0.25) is 0 Å². The van der Waals surface area contributed by atoms with E-state index in [1.807, 2.05) is 6.92 Å². The van der Waals surface area contributed by atoms with E-state index >= 15 is 0 Å². The third kappa shape index (κ3) is 3.15. The third-order valence-corrected chi connectivity index (χ3v) is 2.03. The van der Waals surface area contributed by atoms with Crippen LogP contribution in [-0.2, 0) is 9.53 Å². The van der Waals surface area contributed by atoms with E-state index in [0.717, 1.165) is 11.9 Å². The number of aliphatic carboxylic acids is 1. The van der Waals surface area contributed by atoms with Gasteiger partial charge in [0.15, 0.2) is 0 Å². The minimum absolute atomic E-state index is 0.211. The summed E-state index contributed by atoms with van der Waals surface area (Å²) in [5.41, 5.74) is 0. The van der Waals surface area contributed by atoms with Crippen molar-refractivity contribution in [2.75, 3.05) is 14.2 Å². The van der Waals surface area contributed by atoms with Gasteiger partial charge < -0.3 is 9.84 Å². The minimum Gasteiger partial charge on any atom is -0.500 e. The highest BCUT2D eigenvalue weighted by atomic mass is 32.2. The van der Waals surface area contributed by atoms with Gasteiger partial charge in [0.1, 0.15) is 10.7 Å². The fraction of sp³-hybridized carbons (Fsp3) is 0.571. The lowest BCUT2D eigenvalue weighted by Crippen LogP contribution is -2.07. The first-order valence-electron chi connectivity index (χ1n) is 3.51. The Bertz CT molecular complexity index is 185. The molecule has 0 heterocycles. The molecule has 0 aromatic rings. The average Bonchev–Trinajstić information content (AvgIpc) is 2.05. The molecule has 0 bridgehead atoms. The van der Waals surface area contributed by atoms with Crippen LogP contribution in [0.15, 0.2) is 10.7 Å². The first kappa shape index (κ1) is 11.3. The van der Waals surface area contributed by atoms with Crippen molar-refractivity contribution < 1.29 is 14.6 Å². The van der Waals surface area contributed by atoms with Gasteiger partial charge in [0, 0.05) is 6.42 Å². The highest BCUT2D eigenvalue weighted by molar-refractivity contribution is 8.02. The number of carbonyl (C=O) groups is 1. The molecular weight excluding hydrogens is 178 g/mol. The first-order valence-corrected chi connectivity index (χ1v) is 4.33. The van der Waals surface area contributed by atoms with Crippen LogP contribution in [0.4, 0.5) is 0 Å². The maximum Gasteiger partial charge on any atom is 0.346 e. The number of methoxy groups -OCH3 is 1. The van der Waals surface area contributed by atoms with E-state index in [1.165, 1.54) is 7.11 Å². The third-order valence-electron chi connectivity index (χ3n) is 1.22. The summed E-state index contributed by atoms with van der Waals surface area (Å²) in [7, 11) is 3.13. The molecule has 4 nitrogen and oxygen atoms in total. The van der Waals surface area contributed by atoms with Gasteiger partial charge in [-0.1, -0.05) is 6.92 Å². The van der Waals surface area contributed by atoms with Crippen LogP contribution in [0.25, 0.3) is 0 Å². The largest absolute Gasteiger partial charge is 0.500 e. The predicted octanol–water partition coefficient (Wildman–Crippen LogP) is 1.21. The van der Waals surface area contributed by atoms with E-state index in [-0.39, 0.29) is 4.91 Å². The smallest absolute Gasteiger partial charge is 0.346 e. The summed E-state index contributed by atoms with van der Waals surface area (Å²) in [5.74, 6) is -0.477. The van der Waals surface area contributed by atoms with Crippen molar-refractivity contribution in [3.05, 3.63) is 10.7 Å². The monoisotopic (exact) mass is 191 g/mol. The molecule has 0 unspecified atom stereocenters. The molecule has 0 amide bonds. The van der Waals surface area contributed by atoms with Crippen molar-refractivity contribution in [2.45, 2.75) is 13.3 Å². The Morgan fingerprint density at radius 2 is 2.25 bits per heavy atom. The van der Waals surface area contributed by atoms with Gasteiger partial charge in [0.05, 0.1) is 7.11 Å². The Balaban J connectivity index is 4.63. The van der Waals surface area contributed by atoms with Crippen molar-refractivity contribution in [2.24, 2.45) is 0 Å². The van der Waals surface area contributed by atoms with Crippen molar-refractivity contribution in [1.82, 2.24) is 4.72 Å². The number of ether oxygens (including phenoxy) is 1. The molecule has 0 aromatic heterocycles. The second-order valence-corrected chi connectivity index (χ2v) is 2.94. The summed E-state index contributed by atoms with van der Waals surface area (Å²) in [6, 6.07) is 0. The van der Waals surface area contributed by atoms with E-state index < -0.39 is 5.97 Å². The predicted molar refractivity (Wildman–Crippen MR) is 48.6 cm³/mol. The molecule has 0 saturated carbocycles. The topological polar surface area (TPSA) is 58.6 Å². The highest BCUT2D eigenvalue weighted by Gasteiger charge is 2.13. The number of nitrogens with one attached hydrogen (secondary N) is 1. The fourth-order valence-electron chi connectivity index (χ4n) is 0.719. The Morgan fingerprint density at radius 1 is 1.67 bits per heavy atom. The lowest BCUT2D eigenvalue weighted by molar-refractivity contribution is -0.132. The van der Waals surface area contributed by atoms with Gasteiger partial charge in [-0.15, -0.1) is 0 Å². The zero-order chi connectivity index (χ0) is 9.56. The molecule has 0 aromatic carbocycles. The molecule has 0 spiro atoms. The molecule has 0 aliphatic heterocycles. The maximum atomic E-state index is 10.6. The molecule has 70 valence electrons. The number of rotatable bonds is 5. The summed E-state index contributed by atoms with van der Waals surface area (Å²) in [5, 5.41) is 8.74. The van der Waals surface area contributed by atoms with Crippen molar-refractivity contribution in [3.63, 3.8) is 0 Å². The van der Waals surface area contributed by atoms with Crippen LogP contribution in [0.5, 0.6) is 0 Å². The van der Waals surface area contributed by atoms with Gasteiger partial charge >= 0.3 is 5.97 Å². The zero-order valence-electron chi connectivity index (χ0n) is 7.38. The van der Waals surface area contributed by atoms with Crippen molar-refractivity contribution in [3.8, 4) is 0 Å². The first-order chi connectivity index (χ1) is 5.67. The summed E-state index contributed by atoms with van der Waals surface area (Å²) in [4.78, 5) is 10.9. The Labute approximate surface area is 76.1 Å². The molecule has 0 atom stereocenters. The van der Waals surface area contributed by atoms with Crippen LogP contribution in [0.2, 0.25) is 0 Å². The molecule has 0 fully saturated rings. The summed E-state index contributed by atoms with van der Waals surface area (Å²) in [6.45, 7) is 1.85. The zero-order valence-corrected chi connectivity index (χ0v) is 8.20. The van der Waals surface area contributed by atoms with E-state index in [2.05, 4.69) is 4.72 Å². The van der Waals surface area contributed by atoms with Gasteiger partial charge in [0.25, 0.3) is 0 Å². The minimum atomic E-state index is -0.965. The number of carboxylic acid groups (broad SMARTS) is 1. The van der Waals surface area contributed by atoms with E-state index in [4.69, 9.17) is 9.84 Å². The van der Waals surface area contributed by atoms with Crippen LogP contribution in [0.3, 0.4) is 0 Å². The summed E-state index contributed by atoms with van der Waals surface area (Å²) >= 11 is 1.05. The summed E-state index contributed by atoms with van der Waals surface area (Å²) < 4.78 is 7.61. The normalized spacial score (nSPS) is 12.2. The van der Waals surface area contributed by atoms with Gasteiger partial charge in [-0.05, 0) is 19.0 Å². The Morgan fingerprint density at radius 3 is 2.50 bits per heavy atom. The Kier molecular flexibility index (Phi) is 5.57. The quantitative estimate of drug-likeness (QED) is 0.388. The standard InChI is InChI=1S/C7H13NO3S/c1-4-5(11-3)6(7(9)10)12-8-2/h8H,4H2,1-3H3,(H,9,10)/b6-5+. The van der Waals surface area contributed by atoms with E-state index in [0.29, 0.717) is 12.2 Å². The number of carboxylic acids is 1. The molecule has 0 aliphatic rings. The van der Waals surface area contributed by atoms with Crippen molar-refractivity contribution in [1.29, 1.82) is 0 Å². The van der Waals surface area contributed by atoms with E-state index in [1.54, 1.807) is 7.05 Å². The molecule has 2 N–H and O–H groups in total. The lowest BCUT2D eigenvalue weighted by atomic mass is 10.3. The van der Waals surface area contributed by atoms with Crippen LogP contribution >= 0.6 is 11.9 Å². The van der Waals surface area contributed by atoms with Crippen LogP contribution in [0.1, 0.15) is 13.3 Å². The number of allylic oxidation sites excluding steroid dienone is 1. The fourth-order valence-corrected chi connectivity index (χ4v) is 1.35. The molecule has 12 heavy (non-hydrogen) atoms. The molecule has 0 saturated heterocycles. The second-order valence-electron chi connectivity index (χ2n) is 1.92. The molecule has 0 rings (SSSR count). The lowest BCUT2D eigenvalue weighted by Gasteiger charge is -2.07. The van der Waals surface area contributed by atoms with Crippen LogP contribution < -0.4 is 4.72 Å².